The predicted octanol–water partition coefficient (Wildman–Crippen LogP) is 4.79. The van der Waals surface area contributed by atoms with Gasteiger partial charge in [-0.1, -0.05) is 67.7 Å². The van der Waals surface area contributed by atoms with Gasteiger partial charge in [0, 0.05) is 23.7 Å². The van der Waals surface area contributed by atoms with E-state index in [1.807, 2.05) is 65.6 Å². The molecule has 258 valence electrons. The second-order valence-electron chi connectivity index (χ2n) is 14.3. The van der Waals surface area contributed by atoms with E-state index in [1.165, 1.54) is 5.19 Å². The fourth-order valence-corrected chi connectivity index (χ4v) is 12.9. The smallest absolute Gasteiger partial charge is 0.414 e. The molecule has 4 heterocycles. The van der Waals surface area contributed by atoms with Crippen LogP contribution in [0.2, 0.25) is 18.6 Å². The van der Waals surface area contributed by atoms with Crippen molar-refractivity contribution in [3.05, 3.63) is 83.9 Å². The molecule has 10 nitrogen and oxygen atoms in total. The van der Waals surface area contributed by atoms with Crippen molar-refractivity contribution < 1.29 is 33.7 Å². The van der Waals surface area contributed by atoms with Crippen molar-refractivity contribution in [3.63, 3.8) is 0 Å². The number of hydrogen-bond donors (Lipinski definition) is 1. The highest BCUT2D eigenvalue weighted by Gasteiger charge is 2.66. The van der Waals surface area contributed by atoms with Gasteiger partial charge in [-0.15, -0.1) is 0 Å². The van der Waals surface area contributed by atoms with E-state index in [2.05, 4.69) is 32.2 Å². The number of amides is 3. The quantitative estimate of drug-likeness (QED) is 0.323. The molecule has 4 aliphatic rings. The lowest BCUT2D eigenvalue weighted by Gasteiger charge is -2.37. The van der Waals surface area contributed by atoms with Crippen LogP contribution in [-0.2, 0) is 31.2 Å². The minimum Gasteiger partial charge on any atom is -0.497 e. The van der Waals surface area contributed by atoms with Crippen LogP contribution in [0.4, 0.5) is 16.2 Å². The van der Waals surface area contributed by atoms with Crippen molar-refractivity contribution in [1.82, 2.24) is 4.90 Å². The van der Waals surface area contributed by atoms with Crippen LogP contribution in [0.15, 0.2) is 72.8 Å². The number of methoxy groups -OCH3 is 1. The zero-order valence-electron chi connectivity index (χ0n) is 28.6. The highest BCUT2D eigenvalue weighted by atomic mass is 28.3. The third kappa shape index (κ3) is 5.52. The molecule has 5 atom stereocenters. The summed E-state index contributed by atoms with van der Waals surface area (Å²) in [4.78, 5) is 46.3. The number of cyclic esters (lactones) is 1. The summed E-state index contributed by atoms with van der Waals surface area (Å²) in [5.74, 6) is 0.388. The molecule has 11 heteroatoms. The van der Waals surface area contributed by atoms with Crippen LogP contribution in [0.5, 0.6) is 5.75 Å². The van der Waals surface area contributed by atoms with Crippen molar-refractivity contribution >= 4 is 42.5 Å². The van der Waals surface area contributed by atoms with E-state index in [-0.39, 0.29) is 48.4 Å². The second-order valence-corrected chi connectivity index (χ2v) is 19.0. The van der Waals surface area contributed by atoms with Crippen LogP contribution in [0.25, 0.3) is 0 Å². The van der Waals surface area contributed by atoms with Crippen LogP contribution >= 0.6 is 0 Å². The molecule has 0 radical (unpaired) electrons. The van der Waals surface area contributed by atoms with E-state index < -0.39 is 19.8 Å². The Hall–Kier alpha value is -4.19. The van der Waals surface area contributed by atoms with Gasteiger partial charge in [0.15, 0.2) is 5.60 Å². The molecule has 0 unspecified atom stereocenters. The van der Waals surface area contributed by atoms with E-state index in [0.717, 1.165) is 41.1 Å². The van der Waals surface area contributed by atoms with E-state index >= 15 is 4.79 Å². The molecule has 0 bridgehead atoms. The average Bonchev–Trinajstić information content (AvgIpc) is 3.88. The summed E-state index contributed by atoms with van der Waals surface area (Å²) in [5, 5.41) is 11.2. The zero-order chi connectivity index (χ0) is 34.5. The van der Waals surface area contributed by atoms with Gasteiger partial charge in [-0.25, -0.2) is 4.79 Å². The number of para-hydroxylation sites is 1. The van der Waals surface area contributed by atoms with Crippen LogP contribution in [0.1, 0.15) is 37.3 Å². The van der Waals surface area contributed by atoms with Crippen molar-refractivity contribution in [3.8, 4) is 5.75 Å². The highest BCUT2D eigenvalue weighted by Crippen LogP contribution is 2.60. The number of benzene rings is 3. The molecule has 3 aromatic rings. The number of carbonyl (C=O) groups excluding carboxylic acids is 3. The minimum atomic E-state index is -2.42. The third-order valence-electron chi connectivity index (χ3n) is 11.4. The number of carbonyl (C=O) groups is 3. The molecule has 4 aliphatic heterocycles. The Labute approximate surface area is 288 Å². The Kier molecular flexibility index (Phi) is 8.79. The monoisotopic (exact) mass is 683 g/mol. The van der Waals surface area contributed by atoms with Gasteiger partial charge in [0.25, 0.3) is 5.91 Å². The Balaban J connectivity index is 1.24. The predicted molar refractivity (Wildman–Crippen MR) is 189 cm³/mol. The van der Waals surface area contributed by atoms with Gasteiger partial charge >= 0.3 is 6.09 Å². The standard InChI is InChI=1S/C38H45N3O7Si/c1-25-35(49(3,4)30-17-15-29(46-2)16-18-30)33(22-34(43)39-19-7-8-28(39)24-42)48-38(25)31-9-5-6-10-32(31)41(36(38)44)23-26-11-13-27(14-12-26)40-20-21-47-37(40)45/h5-6,9-18,25,28,33,35,42H,7-8,19-24H2,1-4H3/t25-,28-,33+,35-,38+/m0/s1. The first kappa shape index (κ1) is 33.3. The molecule has 1 N–H and O–H groups in total. The Morgan fingerprint density at radius 1 is 1.02 bits per heavy atom. The summed E-state index contributed by atoms with van der Waals surface area (Å²) in [6.45, 7) is 8.51. The van der Waals surface area contributed by atoms with Crippen LogP contribution in [0, 0.1) is 5.92 Å². The first-order valence-electron chi connectivity index (χ1n) is 17.3. The van der Waals surface area contributed by atoms with Crippen molar-refractivity contribution in [2.24, 2.45) is 5.92 Å². The maximum atomic E-state index is 15.0. The summed E-state index contributed by atoms with van der Waals surface area (Å²) >= 11 is 0. The van der Waals surface area contributed by atoms with Crippen LogP contribution in [0.3, 0.4) is 0 Å². The number of nitrogens with zero attached hydrogens (tertiary/aromatic N) is 3. The number of fused-ring (bicyclic) bond motifs is 2. The lowest BCUT2D eigenvalue weighted by Crippen LogP contribution is -2.52. The number of aliphatic hydroxyl groups is 1. The molecule has 7 rings (SSSR count). The lowest BCUT2D eigenvalue weighted by molar-refractivity contribution is -0.150. The van der Waals surface area contributed by atoms with E-state index in [0.29, 0.717) is 26.2 Å². The molecule has 0 aliphatic carbocycles. The summed E-state index contributed by atoms with van der Waals surface area (Å²) in [5.41, 5.74) is 1.98. The lowest BCUT2D eigenvalue weighted by atomic mass is 9.82. The molecule has 1 spiro atoms. The second kappa shape index (κ2) is 12.9. The Bertz CT molecular complexity index is 1730. The normalized spacial score (nSPS) is 26.5. The maximum absolute atomic E-state index is 15.0. The topological polar surface area (TPSA) is 109 Å². The number of rotatable bonds is 9. The van der Waals surface area contributed by atoms with Gasteiger partial charge in [0.1, 0.15) is 12.4 Å². The SMILES string of the molecule is COc1ccc([Si](C)(C)[C@@H]2[C@@H](CC(=O)N3CCC[C@H]3CO)O[C@]3(C(=O)N(Cc4ccc(N5CCOC5=O)cc4)c4ccccc43)[C@H]2C)cc1. The Morgan fingerprint density at radius 2 is 1.76 bits per heavy atom. The maximum Gasteiger partial charge on any atom is 0.414 e. The summed E-state index contributed by atoms with van der Waals surface area (Å²) in [6.07, 6.45) is 0.944. The van der Waals surface area contributed by atoms with E-state index in [4.69, 9.17) is 14.2 Å². The fraction of sp³-hybridized carbons (Fsp3) is 0.447. The number of hydrogen-bond acceptors (Lipinski definition) is 7. The molecular formula is C38H45N3O7Si. The molecule has 0 aromatic heterocycles. The third-order valence-corrected chi connectivity index (χ3v) is 15.7. The van der Waals surface area contributed by atoms with Gasteiger partial charge in [0.05, 0.1) is 59.1 Å². The molecule has 3 aromatic carbocycles. The van der Waals surface area contributed by atoms with Crippen LogP contribution in [-0.4, -0.2) is 81.5 Å². The highest BCUT2D eigenvalue weighted by molar-refractivity contribution is 6.91. The molecule has 3 amide bonds. The Morgan fingerprint density at radius 3 is 2.43 bits per heavy atom. The number of likely N-dealkylation sites (tertiary alicyclic amines) is 1. The van der Waals surface area contributed by atoms with Crippen molar-refractivity contribution in [2.75, 3.05) is 43.2 Å². The number of ether oxygens (including phenoxy) is 3. The van der Waals surface area contributed by atoms with Crippen molar-refractivity contribution in [2.45, 2.75) is 69.1 Å². The molecule has 3 fully saturated rings. The summed E-state index contributed by atoms with van der Waals surface area (Å²) in [7, 11) is -0.766. The van der Waals surface area contributed by atoms with Crippen molar-refractivity contribution in [1.29, 1.82) is 0 Å². The van der Waals surface area contributed by atoms with E-state index in [1.54, 1.807) is 16.9 Å². The van der Waals surface area contributed by atoms with Gasteiger partial charge in [-0.05, 0) is 54.3 Å². The van der Waals surface area contributed by atoms with Gasteiger partial charge < -0.3 is 29.1 Å². The summed E-state index contributed by atoms with van der Waals surface area (Å²) < 4.78 is 17.7. The minimum absolute atomic E-state index is 0.0344. The summed E-state index contributed by atoms with van der Waals surface area (Å²) in [6, 6.07) is 23.5. The van der Waals surface area contributed by atoms with E-state index in [9.17, 15) is 14.7 Å². The average molecular weight is 684 g/mol. The largest absolute Gasteiger partial charge is 0.497 e. The van der Waals surface area contributed by atoms with Gasteiger partial charge in [-0.3, -0.25) is 14.5 Å². The number of aliphatic hydroxyl groups excluding tert-OH is 1. The first-order chi connectivity index (χ1) is 23.6. The van der Waals surface area contributed by atoms with Gasteiger partial charge in [-0.2, -0.15) is 0 Å². The first-order valence-corrected chi connectivity index (χ1v) is 20.3. The fourth-order valence-electron chi connectivity index (χ4n) is 8.86. The zero-order valence-corrected chi connectivity index (χ0v) is 29.6. The number of anilines is 2. The molecule has 0 saturated carbocycles. The van der Waals surface area contributed by atoms with Gasteiger partial charge in [0.2, 0.25) is 5.91 Å². The van der Waals surface area contributed by atoms with Crippen LogP contribution < -0.4 is 19.7 Å². The molecule has 3 saturated heterocycles. The molecule has 49 heavy (non-hydrogen) atoms. The molecular weight excluding hydrogens is 639 g/mol.